The minimum absolute atomic E-state index is 0.0310. The molecule has 0 saturated heterocycles. The van der Waals surface area contributed by atoms with E-state index >= 15 is 0 Å². The summed E-state index contributed by atoms with van der Waals surface area (Å²) in [6.07, 6.45) is 5.10. The summed E-state index contributed by atoms with van der Waals surface area (Å²) in [5, 5.41) is 0.861. The molecule has 1 aromatic carbocycles. The standard InChI is InChI=1S/C22H20N4O/c1-4-26-21-18(11-23-13-25-21)10-20(22(26)27)19-8-7-16(9-14(19)2)17-6-5-15(3)24-12-17/h5-13H,4H2,1-3H3. The molecule has 5 heteroatoms. The van der Waals surface area contributed by atoms with Gasteiger partial charge in [-0.25, -0.2) is 9.97 Å². The number of rotatable bonds is 3. The highest BCUT2D eigenvalue weighted by atomic mass is 16.1. The van der Waals surface area contributed by atoms with Crippen molar-refractivity contribution in [3.63, 3.8) is 0 Å². The first-order valence-electron chi connectivity index (χ1n) is 8.96. The Hall–Kier alpha value is -3.34. The second-order valence-corrected chi connectivity index (χ2v) is 6.63. The zero-order valence-corrected chi connectivity index (χ0v) is 15.6. The third kappa shape index (κ3) is 3.01. The highest BCUT2D eigenvalue weighted by Crippen LogP contribution is 2.28. The monoisotopic (exact) mass is 356 g/mol. The van der Waals surface area contributed by atoms with E-state index < -0.39 is 0 Å². The molecule has 0 fully saturated rings. The van der Waals surface area contributed by atoms with Crippen LogP contribution in [0.1, 0.15) is 18.2 Å². The van der Waals surface area contributed by atoms with Gasteiger partial charge in [-0.2, -0.15) is 0 Å². The first-order valence-corrected chi connectivity index (χ1v) is 8.96. The number of aromatic nitrogens is 4. The van der Waals surface area contributed by atoms with Crippen molar-refractivity contribution in [2.45, 2.75) is 27.3 Å². The number of hydrogen-bond acceptors (Lipinski definition) is 4. The highest BCUT2D eigenvalue weighted by molar-refractivity contribution is 5.82. The van der Waals surface area contributed by atoms with Crippen molar-refractivity contribution in [1.82, 2.24) is 19.5 Å². The molecular weight excluding hydrogens is 336 g/mol. The Morgan fingerprint density at radius 2 is 1.74 bits per heavy atom. The molecule has 134 valence electrons. The van der Waals surface area contributed by atoms with Crippen molar-refractivity contribution in [3.8, 4) is 22.3 Å². The molecule has 0 unspecified atom stereocenters. The maximum Gasteiger partial charge on any atom is 0.260 e. The molecule has 27 heavy (non-hydrogen) atoms. The predicted octanol–water partition coefficient (Wildman–Crippen LogP) is 4.16. The molecule has 0 aliphatic rings. The van der Waals surface area contributed by atoms with Crippen LogP contribution in [0.4, 0.5) is 0 Å². The molecule has 0 aliphatic carbocycles. The van der Waals surface area contributed by atoms with Gasteiger partial charge >= 0.3 is 0 Å². The quantitative estimate of drug-likeness (QED) is 0.553. The summed E-state index contributed by atoms with van der Waals surface area (Å²) in [6.45, 7) is 6.52. The zero-order chi connectivity index (χ0) is 19.0. The maximum absolute atomic E-state index is 13.1. The first kappa shape index (κ1) is 17.1. The summed E-state index contributed by atoms with van der Waals surface area (Å²) in [5.74, 6) is 0. The zero-order valence-electron chi connectivity index (χ0n) is 15.6. The number of benzene rings is 1. The summed E-state index contributed by atoms with van der Waals surface area (Å²) in [6, 6.07) is 12.1. The summed E-state index contributed by atoms with van der Waals surface area (Å²) >= 11 is 0. The van der Waals surface area contributed by atoms with Crippen molar-refractivity contribution < 1.29 is 0 Å². The van der Waals surface area contributed by atoms with Gasteiger partial charge in [-0.05, 0) is 49.6 Å². The fourth-order valence-electron chi connectivity index (χ4n) is 3.39. The second kappa shape index (κ2) is 6.76. The number of fused-ring (bicyclic) bond motifs is 1. The lowest BCUT2D eigenvalue weighted by molar-refractivity contribution is 0.750. The summed E-state index contributed by atoms with van der Waals surface area (Å²) in [4.78, 5) is 25.8. The van der Waals surface area contributed by atoms with E-state index in [-0.39, 0.29) is 5.56 Å². The van der Waals surface area contributed by atoms with Gasteiger partial charge in [-0.15, -0.1) is 0 Å². The van der Waals surface area contributed by atoms with Crippen LogP contribution in [0.2, 0.25) is 0 Å². The van der Waals surface area contributed by atoms with E-state index in [1.807, 2.05) is 51.2 Å². The van der Waals surface area contributed by atoms with Crippen LogP contribution in [0, 0.1) is 13.8 Å². The third-order valence-corrected chi connectivity index (χ3v) is 4.83. The molecule has 5 nitrogen and oxygen atoms in total. The molecule has 0 radical (unpaired) electrons. The molecule has 0 aliphatic heterocycles. The number of hydrogen-bond donors (Lipinski definition) is 0. The lowest BCUT2D eigenvalue weighted by Crippen LogP contribution is -2.22. The molecule has 0 bridgehead atoms. The number of nitrogens with zero attached hydrogens (tertiary/aromatic N) is 4. The van der Waals surface area contributed by atoms with E-state index in [1.165, 1.54) is 6.33 Å². The van der Waals surface area contributed by atoms with Gasteiger partial charge in [0.15, 0.2) is 0 Å². The van der Waals surface area contributed by atoms with Crippen LogP contribution < -0.4 is 5.56 Å². The SMILES string of the molecule is CCn1c(=O)c(-c2ccc(-c3ccc(C)nc3)cc2C)cc2cncnc21. The predicted molar refractivity (Wildman–Crippen MR) is 108 cm³/mol. The fourth-order valence-corrected chi connectivity index (χ4v) is 3.39. The Balaban J connectivity index is 1.88. The van der Waals surface area contributed by atoms with Gasteiger partial charge in [0.1, 0.15) is 12.0 Å². The Morgan fingerprint density at radius 3 is 2.44 bits per heavy atom. The topological polar surface area (TPSA) is 60.7 Å². The minimum atomic E-state index is -0.0310. The molecule has 0 atom stereocenters. The largest absolute Gasteiger partial charge is 0.292 e. The van der Waals surface area contributed by atoms with Gasteiger partial charge in [-0.3, -0.25) is 14.3 Å². The van der Waals surface area contributed by atoms with Crippen LogP contribution in [0.5, 0.6) is 0 Å². The van der Waals surface area contributed by atoms with Crippen LogP contribution >= 0.6 is 0 Å². The molecule has 0 spiro atoms. The van der Waals surface area contributed by atoms with Crippen molar-refractivity contribution >= 4 is 11.0 Å². The van der Waals surface area contributed by atoms with E-state index in [4.69, 9.17) is 0 Å². The Labute approximate surface area is 157 Å². The average Bonchev–Trinajstić information content (AvgIpc) is 2.68. The molecule has 4 rings (SSSR count). The molecule has 3 heterocycles. The molecule has 3 aromatic heterocycles. The molecule has 0 N–H and O–H groups in total. The van der Waals surface area contributed by atoms with Gasteiger partial charge < -0.3 is 0 Å². The van der Waals surface area contributed by atoms with Crippen LogP contribution in [0.15, 0.2) is 59.9 Å². The summed E-state index contributed by atoms with van der Waals surface area (Å²) in [7, 11) is 0. The average molecular weight is 356 g/mol. The van der Waals surface area contributed by atoms with E-state index in [1.54, 1.807) is 10.8 Å². The Morgan fingerprint density at radius 1 is 0.926 bits per heavy atom. The van der Waals surface area contributed by atoms with E-state index in [9.17, 15) is 4.79 Å². The summed E-state index contributed by atoms with van der Waals surface area (Å²) in [5.41, 5.74) is 6.42. The first-order chi connectivity index (χ1) is 13.1. The van der Waals surface area contributed by atoms with Crippen molar-refractivity contribution in [3.05, 3.63) is 76.7 Å². The van der Waals surface area contributed by atoms with Crippen molar-refractivity contribution in [2.24, 2.45) is 0 Å². The fraction of sp³-hybridized carbons (Fsp3) is 0.182. The molecule has 0 amide bonds. The third-order valence-electron chi connectivity index (χ3n) is 4.83. The van der Waals surface area contributed by atoms with Gasteiger partial charge in [0.25, 0.3) is 5.56 Å². The number of pyridine rings is 2. The van der Waals surface area contributed by atoms with Crippen LogP contribution in [-0.2, 0) is 6.54 Å². The van der Waals surface area contributed by atoms with Gasteiger partial charge in [0.05, 0.1) is 0 Å². The van der Waals surface area contributed by atoms with E-state index in [0.717, 1.165) is 33.3 Å². The van der Waals surface area contributed by atoms with Gasteiger partial charge in [0, 0.05) is 41.1 Å². The van der Waals surface area contributed by atoms with Gasteiger partial charge in [0.2, 0.25) is 0 Å². The van der Waals surface area contributed by atoms with E-state index in [0.29, 0.717) is 17.8 Å². The van der Waals surface area contributed by atoms with Crippen LogP contribution in [-0.4, -0.2) is 19.5 Å². The second-order valence-electron chi connectivity index (χ2n) is 6.63. The smallest absolute Gasteiger partial charge is 0.260 e. The molecule has 4 aromatic rings. The maximum atomic E-state index is 13.1. The van der Waals surface area contributed by atoms with Gasteiger partial charge in [-0.1, -0.05) is 24.3 Å². The lowest BCUT2D eigenvalue weighted by Gasteiger charge is -2.13. The van der Waals surface area contributed by atoms with Crippen molar-refractivity contribution in [1.29, 1.82) is 0 Å². The highest BCUT2D eigenvalue weighted by Gasteiger charge is 2.13. The Bertz CT molecular complexity index is 1190. The molecule has 0 saturated carbocycles. The number of aryl methyl sites for hydroxylation is 3. The van der Waals surface area contributed by atoms with Crippen molar-refractivity contribution in [2.75, 3.05) is 0 Å². The van der Waals surface area contributed by atoms with E-state index in [2.05, 4.69) is 27.1 Å². The molecular formula is C22H20N4O. The van der Waals surface area contributed by atoms with Crippen LogP contribution in [0.25, 0.3) is 33.3 Å². The normalized spacial score (nSPS) is 11.1. The van der Waals surface area contributed by atoms with Crippen LogP contribution in [0.3, 0.4) is 0 Å². The Kier molecular flexibility index (Phi) is 4.28. The minimum Gasteiger partial charge on any atom is -0.292 e. The summed E-state index contributed by atoms with van der Waals surface area (Å²) < 4.78 is 1.70. The lowest BCUT2D eigenvalue weighted by atomic mass is 9.96.